The minimum atomic E-state index is -0.263. The molecule has 4 heterocycles. The fourth-order valence-electron chi connectivity index (χ4n) is 4.55. The van der Waals surface area contributed by atoms with Crippen molar-refractivity contribution in [2.75, 3.05) is 4.90 Å². The monoisotopic (exact) mass is 475 g/mol. The van der Waals surface area contributed by atoms with Gasteiger partial charge in [0.15, 0.2) is 5.11 Å². The summed E-state index contributed by atoms with van der Waals surface area (Å²) in [7, 11) is 0. The zero-order valence-electron chi connectivity index (χ0n) is 18.1. The Bertz CT molecular complexity index is 1330. The topological polar surface area (TPSA) is 66.2 Å². The molecule has 0 spiro atoms. The summed E-state index contributed by atoms with van der Waals surface area (Å²) >= 11 is 12.1. The molecule has 0 bridgehead atoms. The molecule has 166 valence electrons. The standard InChI is InChI=1S/C25H22ClN5OS/c1-15-13-18(16(2)30(15)22-8-4-6-12-28-22)24-23(19-7-3-5-11-27-19)29-25(33)31(24)20-14-17(26)9-10-21(20)32/h3-14,23-24,32H,1-2H3,(H,29,33)/t23-,24+/m1/s1. The SMILES string of the molecule is Cc1cc([C@H]2[C@@H](c3ccccn3)NC(=S)N2c2cc(Cl)ccc2O)c(C)n1-c1ccccn1. The number of benzene rings is 1. The van der Waals surface area contributed by atoms with Gasteiger partial charge >= 0.3 is 0 Å². The maximum absolute atomic E-state index is 10.7. The van der Waals surface area contributed by atoms with Gasteiger partial charge in [0.2, 0.25) is 0 Å². The Morgan fingerprint density at radius 2 is 1.76 bits per heavy atom. The van der Waals surface area contributed by atoms with E-state index in [2.05, 4.69) is 39.8 Å². The van der Waals surface area contributed by atoms with Gasteiger partial charge in [-0.15, -0.1) is 0 Å². The summed E-state index contributed by atoms with van der Waals surface area (Å²) in [6.07, 6.45) is 3.56. The van der Waals surface area contributed by atoms with Crippen molar-refractivity contribution in [3.63, 3.8) is 0 Å². The molecule has 3 aromatic heterocycles. The largest absolute Gasteiger partial charge is 0.506 e. The molecule has 1 aliphatic heterocycles. The molecule has 0 amide bonds. The Balaban J connectivity index is 1.71. The molecule has 0 aliphatic carbocycles. The number of phenolic OH excluding ortho intramolecular Hbond substituents is 1. The van der Waals surface area contributed by atoms with E-state index in [0.717, 1.165) is 28.5 Å². The normalized spacial score (nSPS) is 17.9. The first-order chi connectivity index (χ1) is 16.0. The van der Waals surface area contributed by atoms with Crippen LogP contribution in [0.25, 0.3) is 5.82 Å². The van der Waals surface area contributed by atoms with Crippen molar-refractivity contribution in [1.29, 1.82) is 0 Å². The smallest absolute Gasteiger partial charge is 0.174 e. The van der Waals surface area contributed by atoms with E-state index in [-0.39, 0.29) is 17.8 Å². The highest BCUT2D eigenvalue weighted by molar-refractivity contribution is 7.80. The van der Waals surface area contributed by atoms with Gasteiger partial charge in [0.05, 0.1) is 23.5 Å². The molecule has 2 N–H and O–H groups in total. The van der Waals surface area contributed by atoms with Gasteiger partial charge in [0, 0.05) is 28.8 Å². The zero-order valence-corrected chi connectivity index (χ0v) is 19.7. The molecular weight excluding hydrogens is 454 g/mol. The van der Waals surface area contributed by atoms with Gasteiger partial charge in [-0.25, -0.2) is 4.98 Å². The third-order valence-electron chi connectivity index (χ3n) is 5.96. The van der Waals surface area contributed by atoms with Crippen molar-refractivity contribution in [2.45, 2.75) is 25.9 Å². The van der Waals surface area contributed by atoms with Crippen molar-refractivity contribution in [1.82, 2.24) is 19.9 Å². The number of rotatable bonds is 4. The maximum Gasteiger partial charge on any atom is 0.174 e. The summed E-state index contributed by atoms with van der Waals surface area (Å²) in [5.74, 6) is 0.951. The number of anilines is 1. The number of aromatic hydroxyl groups is 1. The van der Waals surface area contributed by atoms with E-state index in [4.69, 9.17) is 23.8 Å². The average molecular weight is 476 g/mol. The third-order valence-corrected chi connectivity index (χ3v) is 6.51. The molecule has 33 heavy (non-hydrogen) atoms. The number of pyridine rings is 2. The summed E-state index contributed by atoms with van der Waals surface area (Å²) in [6.45, 7) is 4.13. The number of hydrogen-bond acceptors (Lipinski definition) is 4. The van der Waals surface area contributed by atoms with E-state index >= 15 is 0 Å². The second-order valence-electron chi connectivity index (χ2n) is 7.98. The average Bonchev–Trinajstić information content (AvgIpc) is 3.31. The van der Waals surface area contributed by atoms with E-state index in [1.807, 2.05) is 41.3 Å². The van der Waals surface area contributed by atoms with Gasteiger partial charge in [-0.1, -0.05) is 23.7 Å². The van der Waals surface area contributed by atoms with Crippen molar-refractivity contribution in [3.8, 4) is 11.6 Å². The molecule has 5 rings (SSSR count). The number of halogens is 1. The molecule has 1 aliphatic rings. The minimum Gasteiger partial charge on any atom is -0.506 e. The Morgan fingerprint density at radius 1 is 1.00 bits per heavy atom. The highest BCUT2D eigenvalue weighted by Gasteiger charge is 2.43. The maximum atomic E-state index is 10.7. The summed E-state index contributed by atoms with van der Waals surface area (Å²) < 4.78 is 2.13. The Morgan fingerprint density at radius 3 is 2.45 bits per heavy atom. The van der Waals surface area contributed by atoms with Gasteiger partial charge in [-0.3, -0.25) is 4.98 Å². The van der Waals surface area contributed by atoms with Gasteiger partial charge in [-0.05, 0) is 80.2 Å². The first-order valence-electron chi connectivity index (χ1n) is 10.5. The van der Waals surface area contributed by atoms with Crippen LogP contribution in [0, 0.1) is 13.8 Å². The molecule has 0 saturated carbocycles. The Labute approximate surface area is 202 Å². The van der Waals surface area contributed by atoms with Crippen molar-refractivity contribution < 1.29 is 5.11 Å². The van der Waals surface area contributed by atoms with Crippen LogP contribution in [-0.2, 0) is 0 Å². The first kappa shape index (κ1) is 21.4. The van der Waals surface area contributed by atoms with Gasteiger partial charge in [-0.2, -0.15) is 0 Å². The third kappa shape index (κ3) is 3.73. The Kier molecular flexibility index (Phi) is 5.52. The molecule has 1 fully saturated rings. The van der Waals surface area contributed by atoms with Crippen molar-refractivity contribution in [2.24, 2.45) is 0 Å². The summed E-state index contributed by atoms with van der Waals surface area (Å²) in [4.78, 5) is 11.1. The lowest BCUT2D eigenvalue weighted by Crippen LogP contribution is -2.29. The van der Waals surface area contributed by atoms with Crippen molar-refractivity contribution in [3.05, 3.63) is 101 Å². The summed E-state index contributed by atoms with van der Waals surface area (Å²) in [5, 5.41) is 15.2. The molecule has 6 nitrogen and oxygen atoms in total. The summed E-state index contributed by atoms with van der Waals surface area (Å²) in [6, 6.07) is 18.3. The molecular formula is C25H22ClN5OS. The highest BCUT2D eigenvalue weighted by atomic mass is 35.5. The lowest BCUT2D eigenvalue weighted by molar-refractivity contribution is 0.472. The molecule has 1 aromatic carbocycles. The van der Waals surface area contributed by atoms with Crippen LogP contribution < -0.4 is 10.2 Å². The number of aryl methyl sites for hydroxylation is 1. The predicted molar refractivity (Wildman–Crippen MR) is 134 cm³/mol. The van der Waals surface area contributed by atoms with E-state index in [9.17, 15) is 5.11 Å². The quantitative estimate of drug-likeness (QED) is 0.384. The Hall–Kier alpha value is -3.42. The fourth-order valence-corrected chi connectivity index (χ4v) is 5.05. The van der Waals surface area contributed by atoms with E-state index < -0.39 is 0 Å². The van der Waals surface area contributed by atoms with Crippen LogP contribution in [-0.4, -0.2) is 24.8 Å². The fraction of sp³-hybridized carbons (Fsp3) is 0.160. The van der Waals surface area contributed by atoms with Crippen molar-refractivity contribution >= 4 is 34.6 Å². The van der Waals surface area contributed by atoms with Crippen LogP contribution in [0.5, 0.6) is 5.75 Å². The zero-order chi connectivity index (χ0) is 23.1. The van der Waals surface area contributed by atoms with Crippen LogP contribution in [0.15, 0.2) is 73.1 Å². The highest BCUT2D eigenvalue weighted by Crippen LogP contribution is 2.46. The number of thiocarbonyl (C=S) groups is 1. The number of hydrogen-bond donors (Lipinski definition) is 2. The molecule has 0 radical (unpaired) electrons. The van der Waals surface area contributed by atoms with E-state index in [1.54, 1.807) is 30.6 Å². The number of nitrogens with zero attached hydrogens (tertiary/aromatic N) is 4. The first-order valence-corrected chi connectivity index (χ1v) is 11.3. The predicted octanol–water partition coefficient (Wildman–Crippen LogP) is 5.42. The van der Waals surface area contributed by atoms with Gasteiger partial charge in [0.1, 0.15) is 11.6 Å². The molecule has 4 aromatic rings. The van der Waals surface area contributed by atoms with E-state index in [1.165, 1.54) is 0 Å². The minimum absolute atomic E-state index is 0.105. The van der Waals surface area contributed by atoms with Crippen LogP contribution >= 0.6 is 23.8 Å². The van der Waals surface area contributed by atoms with Crippen LogP contribution in [0.1, 0.15) is 34.7 Å². The van der Waals surface area contributed by atoms with Gasteiger partial charge in [0.25, 0.3) is 0 Å². The molecule has 8 heteroatoms. The lowest BCUT2D eigenvalue weighted by atomic mass is 9.96. The summed E-state index contributed by atoms with van der Waals surface area (Å²) in [5.41, 5.74) is 4.55. The van der Waals surface area contributed by atoms with Gasteiger partial charge < -0.3 is 19.9 Å². The lowest BCUT2D eigenvalue weighted by Gasteiger charge is -2.28. The second kappa shape index (κ2) is 8.50. The molecule has 1 saturated heterocycles. The van der Waals surface area contributed by atoms with Crippen LogP contribution in [0.3, 0.4) is 0 Å². The molecule has 0 unspecified atom stereocenters. The van der Waals surface area contributed by atoms with Crippen LogP contribution in [0.2, 0.25) is 5.02 Å². The second-order valence-corrected chi connectivity index (χ2v) is 8.80. The van der Waals surface area contributed by atoms with Crippen LogP contribution in [0.4, 0.5) is 5.69 Å². The number of phenols is 1. The number of aromatic nitrogens is 3. The molecule has 2 atom stereocenters. The van der Waals surface area contributed by atoms with E-state index in [0.29, 0.717) is 15.8 Å². The number of nitrogens with one attached hydrogen (secondary N) is 1.